The van der Waals surface area contributed by atoms with Gasteiger partial charge in [0.2, 0.25) is 5.91 Å². The zero-order chi connectivity index (χ0) is 20.0. The van der Waals surface area contributed by atoms with E-state index in [4.69, 9.17) is 4.74 Å². The quantitative estimate of drug-likeness (QED) is 0.310. The Labute approximate surface area is 155 Å². The number of phenolic OH excluding ortho intramolecular Hbond substituents is 1. The van der Waals surface area contributed by atoms with E-state index in [1.165, 1.54) is 24.9 Å². The Hall–Kier alpha value is -3.43. The van der Waals surface area contributed by atoms with Crippen LogP contribution >= 0.6 is 0 Å². The highest BCUT2D eigenvalue weighted by molar-refractivity contribution is 5.84. The van der Waals surface area contributed by atoms with E-state index in [0.717, 1.165) is 0 Å². The predicted molar refractivity (Wildman–Crippen MR) is 98.5 cm³/mol. The highest BCUT2D eigenvalue weighted by Gasteiger charge is 2.22. The van der Waals surface area contributed by atoms with Crippen LogP contribution in [0.3, 0.4) is 0 Å². The smallest absolute Gasteiger partial charge is 0.312 e. The summed E-state index contributed by atoms with van der Waals surface area (Å²) >= 11 is 0. The molecule has 0 unspecified atom stereocenters. The van der Waals surface area contributed by atoms with E-state index in [1.807, 2.05) is 0 Å². The predicted octanol–water partition coefficient (Wildman–Crippen LogP) is 1.36. The monoisotopic (exact) mass is 375 g/mol. The molecule has 144 valence electrons. The van der Waals surface area contributed by atoms with Gasteiger partial charge in [0.05, 0.1) is 18.6 Å². The Balaban J connectivity index is 1.85. The number of carbonyl (C=O) groups excluding carboxylic acids is 1. The summed E-state index contributed by atoms with van der Waals surface area (Å²) in [6.07, 6.45) is 1.49. The molecule has 0 saturated carbocycles. The van der Waals surface area contributed by atoms with Crippen molar-refractivity contribution >= 4 is 17.8 Å². The number of phenols is 1. The first kappa shape index (κ1) is 19.9. The molecule has 10 heteroatoms. The molecule has 0 radical (unpaired) electrons. The molecule has 1 aromatic heterocycles. The van der Waals surface area contributed by atoms with Crippen molar-refractivity contribution in [3.8, 4) is 11.5 Å². The summed E-state index contributed by atoms with van der Waals surface area (Å²) in [6, 6.07) is 5.06. The minimum atomic E-state index is -0.505. The number of aryl methyl sites for hydroxylation is 1. The number of aliphatic imine (C=N–C) groups is 1. The normalized spacial score (nSPS) is 10.9. The number of para-hydroxylation sites is 1. The van der Waals surface area contributed by atoms with Crippen molar-refractivity contribution in [1.29, 1.82) is 0 Å². The minimum absolute atomic E-state index is 0.00101. The Bertz CT molecular complexity index is 875. The second kappa shape index (κ2) is 8.79. The molecular weight excluding hydrogens is 354 g/mol. The van der Waals surface area contributed by atoms with Gasteiger partial charge in [0.15, 0.2) is 11.5 Å². The molecule has 0 spiro atoms. The average molecular weight is 375 g/mol. The van der Waals surface area contributed by atoms with Crippen LogP contribution in [0, 0.1) is 24.0 Å². The molecule has 1 heterocycles. The molecule has 2 rings (SSSR count). The molecule has 0 atom stereocenters. The summed E-state index contributed by atoms with van der Waals surface area (Å²) in [4.78, 5) is 26.6. The van der Waals surface area contributed by atoms with Gasteiger partial charge >= 0.3 is 5.69 Å². The number of nitrogens with one attached hydrogen (secondary N) is 1. The highest BCUT2D eigenvalue weighted by atomic mass is 16.6. The maximum absolute atomic E-state index is 12.0. The molecule has 0 fully saturated rings. The molecule has 0 aliphatic carbocycles. The number of aromatic hydroxyl groups is 1. The SMILES string of the molecule is COc1cccc(C=NCCNC(=O)Cn2nc(C)c([N+](=O)[O-])c2C)c1O. The van der Waals surface area contributed by atoms with Gasteiger partial charge in [-0.1, -0.05) is 6.07 Å². The van der Waals surface area contributed by atoms with Gasteiger partial charge in [0, 0.05) is 18.3 Å². The van der Waals surface area contributed by atoms with Crippen molar-refractivity contribution in [2.45, 2.75) is 20.4 Å². The third-order valence-corrected chi connectivity index (χ3v) is 3.86. The number of carbonyl (C=O) groups is 1. The number of benzene rings is 1. The lowest BCUT2D eigenvalue weighted by Gasteiger charge is -2.06. The number of nitro groups is 1. The molecular formula is C17H21N5O5. The zero-order valence-electron chi connectivity index (χ0n) is 15.3. The molecule has 0 aliphatic rings. The Kier molecular flexibility index (Phi) is 6.47. The molecule has 0 bridgehead atoms. The Morgan fingerprint density at radius 2 is 2.22 bits per heavy atom. The summed E-state index contributed by atoms with van der Waals surface area (Å²) in [7, 11) is 1.46. The van der Waals surface area contributed by atoms with Crippen LogP contribution in [0.2, 0.25) is 0 Å². The van der Waals surface area contributed by atoms with Crippen LogP contribution in [0.5, 0.6) is 11.5 Å². The lowest BCUT2D eigenvalue weighted by atomic mass is 10.2. The second-order valence-corrected chi connectivity index (χ2v) is 5.72. The minimum Gasteiger partial charge on any atom is -0.504 e. The largest absolute Gasteiger partial charge is 0.504 e. The molecule has 0 aliphatic heterocycles. The van der Waals surface area contributed by atoms with Crippen molar-refractivity contribution in [3.05, 3.63) is 45.3 Å². The van der Waals surface area contributed by atoms with E-state index < -0.39 is 4.92 Å². The van der Waals surface area contributed by atoms with Gasteiger partial charge in [-0.2, -0.15) is 5.10 Å². The molecule has 10 nitrogen and oxygen atoms in total. The molecule has 0 saturated heterocycles. The van der Waals surface area contributed by atoms with Gasteiger partial charge < -0.3 is 15.2 Å². The van der Waals surface area contributed by atoms with Crippen LogP contribution in [0.25, 0.3) is 0 Å². The van der Waals surface area contributed by atoms with Crippen LogP contribution in [-0.4, -0.2) is 52.1 Å². The first-order chi connectivity index (χ1) is 12.8. The molecule has 2 N–H and O–H groups in total. The molecule has 27 heavy (non-hydrogen) atoms. The fourth-order valence-electron chi connectivity index (χ4n) is 2.53. The van der Waals surface area contributed by atoms with E-state index in [-0.39, 0.29) is 36.1 Å². The van der Waals surface area contributed by atoms with Crippen LogP contribution in [-0.2, 0) is 11.3 Å². The zero-order valence-corrected chi connectivity index (χ0v) is 15.3. The van der Waals surface area contributed by atoms with Crippen LogP contribution in [0.1, 0.15) is 17.0 Å². The van der Waals surface area contributed by atoms with Gasteiger partial charge in [-0.25, -0.2) is 0 Å². The number of ether oxygens (including phenoxy) is 1. The van der Waals surface area contributed by atoms with E-state index in [9.17, 15) is 20.0 Å². The second-order valence-electron chi connectivity index (χ2n) is 5.72. The molecule has 2 aromatic rings. The maximum atomic E-state index is 12.0. The Morgan fingerprint density at radius 3 is 2.85 bits per heavy atom. The highest BCUT2D eigenvalue weighted by Crippen LogP contribution is 2.27. The van der Waals surface area contributed by atoms with Crippen molar-refractivity contribution < 1.29 is 19.6 Å². The lowest BCUT2D eigenvalue weighted by Crippen LogP contribution is -2.30. The van der Waals surface area contributed by atoms with Gasteiger partial charge in [-0.05, 0) is 26.0 Å². The number of methoxy groups -OCH3 is 1. The van der Waals surface area contributed by atoms with Crippen LogP contribution < -0.4 is 10.1 Å². The van der Waals surface area contributed by atoms with Crippen LogP contribution in [0.4, 0.5) is 5.69 Å². The van der Waals surface area contributed by atoms with Crippen molar-refractivity contribution in [2.24, 2.45) is 4.99 Å². The van der Waals surface area contributed by atoms with Crippen molar-refractivity contribution in [2.75, 3.05) is 20.2 Å². The summed E-state index contributed by atoms with van der Waals surface area (Å²) in [5.41, 5.74) is 1.04. The van der Waals surface area contributed by atoms with Gasteiger partial charge in [0.25, 0.3) is 0 Å². The van der Waals surface area contributed by atoms with E-state index in [1.54, 1.807) is 25.1 Å². The lowest BCUT2D eigenvalue weighted by molar-refractivity contribution is -0.386. The molecule has 1 aromatic carbocycles. The summed E-state index contributed by atoms with van der Waals surface area (Å²) in [5.74, 6) is 0.0278. The van der Waals surface area contributed by atoms with Crippen molar-refractivity contribution in [1.82, 2.24) is 15.1 Å². The average Bonchev–Trinajstić information content (AvgIpc) is 2.89. The van der Waals surface area contributed by atoms with E-state index >= 15 is 0 Å². The standard InChI is InChI=1S/C17H21N5O5/c1-11-16(22(25)26)12(2)21(20-11)10-15(23)19-8-7-18-9-13-5-4-6-14(27-3)17(13)24/h4-6,9,24H,7-8,10H2,1-3H3,(H,19,23). The Morgan fingerprint density at radius 1 is 1.48 bits per heavy atom. The number of hydrogen-bond donors (Lipinski definition) is 2. The van der Waals surface area contributed by atoms with Crippen LogP contribution in [0.15, 0.2) is 23.2 Å². The fourth-order valence-corrected chi connectivity index (χ4v) is 2.53. The maximum Gasteiger partial charge on any atom is 0.312 e. The number of nitrogens with zero attached hydrogens (tertiary/aromatic N) is 4. The number of aromatic nitrogens is 2. The summed E-state index contributed by atoms with van der Waals surface area (Å²) in [6.45, 7) is 3.56. The molecule has 1 amide bonds. The van der Waals surface area contributed by atoms with E-state index in [0.29, 0.717) is 23.6 Å². The van der Waals surface area contributed by atoms with Gasteiger partial charge in [-0.3, -0.25) is 24.6 Å². The fraction of sp³-hybridized carbons (Fsp3) is 0.353. The third-order valence-electron chi connectivity index (χ3n) is 3.86. The summed E-state index contributed by atoms with van der Waals surface area (Å²) < 4.78 is 6.32. The topological polar surface area (TPSA) is 132 Å². The van der Waals surface area contributed by atoms with Gasteiger partial charge in [-0.15, -0.1) is 0 Å². The van der Waals surface area contributed by atoms with Gasteiger partial charge in [0.1, 0.15) is 17.9 Å². The number of rotatable bonds is 8. The first-order valence-electron chi connectivity index (χ1n) is 8.16. The first-order valence-corrected chi connectivity index (χ1v) is 8.16. The number of hydrogen-bond acceptors (Lipinski definition) is 7. The number of amides is 1. The van der Waals surface area contributed by atoms with E-state index in [2.05, 4.69) is 15.4 Å². The third kappa shape index (κ3) is 4.81. The summed E-state index contributed by atoms with van der Waals surface area (Å²) in [5, 5.41) is 27.6. The van der Waals surface area contributed by atoms with Crippen molar-refractivity contribution in [3.63, 3.8) is 0 Å².